The Balaban J connectivity index is 1.36. The van der Waals surface area contributed by atoms with Gasteiger partial charge in [-0.05, 0) is 67.5 Å². The third kappa shape index (κ3) is 3.39. The van der Waals surface area contributed by atoms with Crippen LogP contribution in [0.3, 0.4) is 0 Å². The van der Waals surface area contributed by atoms with Gasteiger partial charge in [0, 0.05) is 24.4 Å². The van der Waals surface area contributed by atoms with Crippen LogP contribution >= 0.6 is 0 Å². The topological polar surface area (TPSA) is 34.6 Å². The van der Waals surface area contributed by atoms with Gasteiger partial charge in [-0.3, -0.25) is 9.88 Å². The molecule has 4 nitrogen and oxygen atoms in total. The minimum atomic E-state index is -0.165. The van der Waals surface area contributed by atoms with Crippen LogP contribution in [0.2, 0.25) is 0 Å². The monoisotopic (exact) mass is 396 g/mol. The van der Waals surface area contributed by atoms with Crippen molar-refractivity contribution in [2.45, 2.75) is 31.7 Å². The van der Waals surface area contributed by atoms with Gasteiger partial charge in [0.1, 0.15) is 5.82 Å². The van der Waals surface area contributed by atoms with E-state index >= 15 is 0 Å². The molecule has 0 radical (unpaired) electrons. The molecular formula is C24H29FN2O2. The number of hydrogen-bond donors (Lipinski definition) is 0. The van der Waals surface area contributed by atoms with Crippen LogP contribution in [0.5, 0.6) is 0 Å². The standard InChI is InChI=1S/C24H29FN2O2/c1-18-2-5-20(12-26-18)24(16-29-17-24)27-11-10-23(15-27,21-13-28-14-21)9-8-19-3-6-22(25)7-4-19/h2-7,12,21H,8-11,13-17H2,1H3/t23-/m0/s1. The lowest BCUT2D eigenvalue weighted by atomic mass is 9.69. The molecule has 3 aliphatic heterocycles. The highest BCUT2D eigenvalue weighted by Crippen LogP contribution is 2.50. The number of hydrogen-bond acceptors (Lipinski definition) is 4. The highest BCUT2D eigenvalue weighted by Gasteiger charge is 2.54. The van der Waals surface area contributed by atoms with E-state index in [1.54, 1.807) is 12.1 Å². The van der Waals surface area contributed by atoms with Gasteiger partial charge in [-0.2, -0.15) is 0 Å². The van der Waals surface area contributed by atoms with Crippen LogP contribution < -0.4 is 0 Å². The number of halogens is 1. The van der Waals surface area contributed by atoms with Crippen molar-refractivity contribution in [3.8, 4) is 0 Å². The maximum absolute atomic E-state index is 13.3. The zero-order valence-corrected chi connectivity index (χ0v) is 17.1. The molecule has 5 rings (SSSR count). The van der Waals surface area contributed by atoms with Crippen LogP contribution in [0.25, 0.3) is 0 Å². The fraction of sp³-hybridized carbons (Fsp3) is 0.542. The molecule has 3 fully saturated rings. The van der Waals surface area contributed by atoms with Crippen molar-refractivity contribution in [1.82, 2.24) is 9.88 Å². The second-order valence-corrected chi connectivity index (χ2v) is 9.11. The van der Waals surface area contributed by atoms with Gasteiger partial charge >= 0.3 is 0 Å². The predicted molar refractivity (Wildman–Crippen MR) is 109 cm³/mol. The van der Waals surface area contributed by atoms with Gasteiger partial charge in [-0.25, -0.2) is 4.39 Å². The van der Waals surface area contributed by atoms with Gasteiger partial charge < -0.3 is 9.47 Å². The normalized spacial score (nSPS) is 26.8. The first-order valence-electron chi connectivity index (χ1n) is 10.7. The molecule has 0 unspecified atom stereocenters. The zero-order chi connectivity index (χ0) is 19.9. The van der Waals surface area contributed by atoms with E-state index in [4.69, 9.17) is 9.47 Å². The first-order chi connectivity index (χ1) is 14.1. The molecule has 3 saturated heterocycles. The fourth-order valence-corrected chi connectivity index (χ4v) is 5.21. The molecule has 4 heterocycles. The molecule has 0 amide bonds. The molecule has 3 aliphatic rings. The van der Waals surface area contributed by atoms with E-state index in [-0.39, 0.29) is 16.8 Å². The van der Waals surface area contributed by atoms with E-state index in [1.165, 1.54) is 17.5 Å². The van der Waals surface area contributed by atoms with Gasteiger partial charge in [0.25, 0.3) is 0 Å². The predicted octanol–water partition coefficient (Wildman–Crippen LogP) is 3.73. The van der Waals surface area contributed by atoms with E-state index in [0.29, 0.717) is 5.92 Å². The quantitative estimate of drug-likeness (QED) is 0.745. The molecule has 0 bridgehead atoms. The van der Waals surface area contributed by atoms with E-state index < -0.39 is 0 Å². The van der Waals surface area contributed by atoms with Gasteiger partial charge in [0.15, 0.2) is 0 Å². The lowest BCUT2D eigenvalue weighted by Gasteiger charge is -2.50. The van der Waals surface area contributed by atoms with E-state index in [9.17, 15) is 4.39 Å². The minimum Gasteiger partial charge on any atom is -0.381 e. The molecule has 1 aromatic heterocycles. The number of pyridine rings is 1. The summed E-state index contributed by atoms with van der Waals surface area (Å²) in [6.07, 6.45) is 5.32. The number of aryl methyl sites for hydroxylation is 2. The van der Waals surface area contributed by atoms with Crippen molar-refractivity contribution in [2.75, 3.05) is 39.5 Å². The summed E-state index contributed by atoms with van der Waals surface area (Å²) in [5.41, 5.74) is 3.75. The largest absolute Gasteiger partial charge is 0.381 e. The van der Waals surface area contributed by atoms with Crippen molar-refractivity contribution in [3.05, 3.63) is 65.2 Å². The Morgan fingerprint density at radius 3 is 2.48 bits per heavy atom. The van der Waals surface area contributed by atoms with Crippen LogP contribution in [0.15, 0.2) is 42.6 Å². The molecule has 1 aromatic carbocycles. The van der Waals surface area contributed by atoms with Crippen LogP contribution in [0.1, 0.15) is 29.7 Å². The van der Waals surface area contributed by atoms with E-state index in [0.717, 1.165) is 58.1 Å². The Bertz CT molecular complexity index is 846. The molecular weight excluding hydrogens is 367 g/mol. The number of benzene rings is 1. The van der Waals surface area contributed by atoms with Crippen LogP contribution in [0.4, 0.5) is 4.39 Å². The number of likely N-dealkylation sites (tertiary alicyclic amines) is 1. The Kier molecular flexibility index (Phi) is 4.93. The second kappa shape index (κ2) is 7.46. The van der Waals surface area contributed by atoms with Crippen LogP contribution in [-0.4, -0.2) is 49.4 Å². The summed E-state index contributed by atoms with van der Waals surface area (Å²) in [7, 11) is 0. The molecule has 2 aromatic rings. The maximum Gasteiger partial charge on any atom is 0.123 e. The molecule has 0 spiro atoms. The molecule has 0 N–H and O–H groups in total. The van der Waals surface area contributed by atoms with E-state index in [2.05, 4.69) is 22.0 Å². The Morgan fingerprint density at radius 1 is 1.10 bits per heavy atom. The summed E-state index contributed by atoms with van der Waals surface area (Å²) in [6.45, 7) is 7.40. The minimum absolute atomic E-state index is 0.0388. The average Bonchev–Trinajstić information content (AvgIpc) is 3.05. The highest BCUT2D eigenvalue weighted by atomic mass is 19.1. The summed E-state index contributed by atoms with van der Waals surface area (Å²) in [6, 6.07) is 11.3. The second-order valence-electron chi connectivity index (χ2n) is 9.11. The Hall–Kier alpha value is -1.82. The number of aromatic nitrogens is 1. The Morgan fingerprint density at radius 2 is 1.90 bits per heavy atom. The zero-order valence-electron chi connectivity index (χ0n) is 17.1. The van der Waals surface area contributed by atoms with Gasteiger partial charge in [-0.1, -0.05) is 18.2 Å². The van der Waals surface area contributed by atoms with Crippen molar-refractivity contribution >= 4 is 0 Å². The summed E-state index contributed by atoms with van der Waals surface area (Å²) < 4.78 is 24.6. The first kappa shape index (κ1) is 19.2. The average molecular weight is 397 g/mol. The summed E-state index contributed by atoms with van der Waals surface area (Å²) in [5.74, 6) is 0.448. The summed E-state index contributed by atoms with van der Waals surface area (Å²) in [5, 5.41) is 0. The SMILES string of the molecule is Cc1ccc(C2(N3CC[C@](CCc4ccc(F)cc4)(C4COC4)C3)COC2)cn1. The van der Waals surface area contributed by atoms with Crippen molar-refractivity contribution in [2.24, 2.45) is 11.3 Å². The van der Waals surface area contributed by atoms with Gasteiger partial charge in [0.2, 0.25) is 0 Å². The lowest BCUT2D eigenvalue weighted by Crippen LogP contribution is -2.59. The first-order valence-corrected chi connectivity index (χ1v) is 10.7. The molecule has 1 atom stereocenters. The molecule has 5 heteroatoms. The van der Waals surface area contributed by atoms with E-state index in [1.807, 2.05) is 25.3 Å². The molecule has 0 aliphatic carbocycles. The lowest BCUT2D eigenvalue weighted by molar-refractivity contribution is -0.151. The van der Waals surface area contributed by atoms with Crippen LogP contribution in [-0.2, 0) is 21.4 Å². The number of ether oxygens (including phenoxy) is 2. The molecule has 0 saturated carbocycles. The van der Waals surface area contributed by atoms with Crippen molar-refractivity contribution in [1.29, 1.82) is 0 Å². The molecule has 29 heavy (non-hydrogen) atoms. The van der Waals surface area contributed by atoms with Crippen molar-refractivity contribution < 1.29 is 13.9 Å². The van der Waals surface area contributed by atoms with Crippen molar-refractivity contribution in [3.63, 3.8) is 0 Å². The maximum atomic E-state index is 13.3. The summed E-state index contributed by atoms with van der Waals surface area (Å²) >= 11 is 0. The van der Waals surface area contributed by atoms with Gasteiger partial charge in [0.05, 0.1) is 32.0 Å². The fourth-order valence-electron chi connectivity index (χ4n) is 5.21. The third-order valence-corrected chi connectivity index (χ3v) is 7.45. The smallest absolute Gasteiger partial charge is 0.123 e. The number of rotatable bonds is 6. The van der Waals surface area contributed by atoms with Crippen LogP contribution in [0, 0.1) is 24.1 Å². The number of nitrogens with zero attached hydrogens (tertiary/aromatic N) is 2. The highest BCUT2D eigenvalue weighted by molar-refractivity contribution is 5.27. The third-order valence-electron chi connectivity index (χ3n) is 7.45. The summed E-state index contributed by atoms with van der Waals surface area (Å²) in [4.78, 5) is 7.19. The molecule has 154 valence electrons. The Labute approximate surface area is 172 Å². The van der Waals surface area contributed by atoms with Gasteiger partial charge in [-0.15, -0.1) is 0 Å².